The zero-order valence-electron chi connectivity index (χ0n) is 13.8. The smallest absolute Gasteiger partial charge is 0.258 e. The van der Waals surface area contributed by atoms with Crippen molar-refractivity contribution >= 4 is 44.2 Å². The van der Waals surface area contributed by atoms with Crippen LogP contribution in [-0.2, 0) is 10.0 Å². The molecule has 0 spiro atoms. The van der Waals surface area contributed by atoms with Gasteiger partial charge in [-0.05, 0) is 65.1 Å². The van der Waals surface area contributed by atoms with Crippen LogP contribution in [0, 0.1) is 9.39 Å². The van der Waals surface area contributed by atoms with E-state index in [-0.39, 0.29) is 10.5 Å². The minimum Gasteiger partial charge on any atom is -0.322 e. The van der Waals surface area contributed by atoms with Gasteiger partial charge in [0.1, 0.15) is 5.82 Å². The number of nitrogens with zero attached hydrogens (tertiary/aromatic N) is 1. The third kappa shape index (κ3) is 4.56. The highest BCUT2D eigenvalue weighted by atomic mass is 127. The van der Waals surface area contributed by atoms with Gasteiger partial charge in [-0.25, -0.2) is 12.8 Å². The summed E-state index contributed by atoms with van der Waals surface area (Å²) >= 11 is 2.13. The quantitative estimate of drug-likeness (QED) is 0.647. The largest absolute Gasteiger partial charge is 0.322 e. The molecule has 2 rings (SSSR count). The Labute approximate surface area is 160 Å². The van der Waals surface area contributed by atoms with E-state index in [1.54, 1.807) is 38.1 Å². The molecular formula is C17H18FIN2O3S. The maximum atomic E-state index is 14.1. The summed E-state index contributed by atoms with van der Waals surface area (Å²) in [4.78, 5) is 12.2. The zero-order valence-corrected chi connectivity index (χ0v) is 16.8. The minimum atomic E-state index is -3.77. The fourth-order valence-corrected chi connectivity index (χ4v) is 4.13. The van der Waals surface area contributed by atoms with Crippen LogP contribution in [0.5, 0.6) is 0 Å². The Morgan fingerprint density at radius 2 is 1.72 bits per heavy atom. The predicted molar refractivity (Wildman–Crippen MR) is 104 cm³/mol. The van der Waals surface area contributed by atoms with E-state index in [1.807, 2.05) is 0 Å². The Morgan fingerprint density at radius 1 is 1.12 bits per heavy atom. The second kappa shape index (κ2) is 8.24. The summed E-state index contributed by atoms with van der Waals surface area (Å²) in [6.45, 7) is 4.02. The standard InChI is InChI=1S/C17H18FIN2O3S/c1-3-21(4-2)25(23,24)14-9-10-16(18)15(11-14)17(22)20-13-7-5-12(19)6-8-13/h5-11H,3-4H2,1-2H3,(H,20,22). The molecule has 0 aliphatic rings. The Kier molecular flexibility index (Phi) is 6.53. The van der Waals surface area contributed by atoms with Crippen LogP contribution in [0.4, 0.5) is 10.1 Å². The highest BCUT2D eigenvalue weighted by molar-refractivity contribution is 14.1. The van der Waals surface area contributed by atoms with Crippen molar-refractivity contribution in [3.8, 4) is 0 Å². The van der Waals surface area contributed by atoms with Gasteiger partial charge in [0.2, 0.25) is 10.0 Å². The average Bonchev–Trinajstić information content (AvgIpc) is 2.58. The number of amides is 1. The minimum absolute atomic E-state index is 0.106. The lowest BCUT2D eigenvalue weighted by atomic mass is 10.2. The zero-order chi connectivity index (χ0) is 18.6. The van der Waals surface area contributed by atoms with Crippen molar-refractivity contribution < 1.29 is 17.6 Å². The van der Waals surface area contributed by atoms with E-state index in [0.717, 1.165) is 15.7 Å². The van der Waals surface area contributed by atoms with Crippen molar-refractivity contribution in [2.75, 3.05) is 18.4 Å². The number of benzene rings is 2. The lowest BCUT2D eigenvalue weighted by Crippen LogP contribution is -2.31. The molecule has 5 nitrogen and oxygen atoms in total. The third-order valence-corrected chi connectivity index (χ3v) is 6.39. The van der Waals surface area contributed by atoms with Crippen molar-refractivity contribution in [1.82, 2.24) is 4.31 Å². The number of rotatable bonds is 6. The molecule has 0 atom stereocenters. The first-order valence-corrected chi connectivity index (χ1v) is 10.2. The van der Waals surface area contributed by atoms with Gasteiger partial charge in [-0.15, -0.1) is 0 Å². The number of sulfonamides is 1. The van der Waals surface area contributed by atoms with Crippen molar-refractivity contribution in [1.29, 1.82) is 0 Å². The molecule has 2 aromatic rings. The second-order valence-corrected chi connectivity index (χ2v) is 8.38. The first kappa shape index (κ1) is 19.8. The Balaban J connectivity index is 2.35. The predicted octanol–water partition coefficient (Wildman–Crippen LogP) is 3.71. The van der Waals surface area contributed by atoms with Crippen LogP contribution < -0.4 is 5.32 Å². The molecule has 0 radical (unpaired) electrons. The molecule has 2 aromatic carbocycles. The Hall–Kier alpha value is -1.52. The molecule has 0 saturated heterocycles. The number of anilines is 1. The number of halogens is 2. The van der Waals surface area contributed by atoms with Gasteiger partial charge < -0.3 is 5.32 Å². The van der Waals surface area contributed by atoms with Crippen molar-refractivity contribution in [2.45, 2.75) is 18.7 Å². The molecular weight excluding hydrogens is 458 g/mol. The normalized spacial score (nSPS) is 11.6. The number of carbonyl (C=O) groups is 1. The van der Waals surface area contributed by atoms with Crippen LogP contribution in [0.15, 0.2) is 47.4 Å². The first-order chi connectivity index (χ1) is 11.8. The monoisotopic (exact) mass is 476 g/mol. The Bertz CT molecular complexity index is 866. The van der Waals surface area contributed by atoms with E-state index in [4.69, 9.17) is 0 Å². The van der Waals surface area contributed by atoms with Crippen LogP contribution in [-0.4, -0.2) is 31.7 Å². The summed E-state index contributed by atoms with van der Waals surface area (Å²) in [7, 11) is -3.77. The fraction of sp³-hybridized carbons (Fsp3) is 0.235. The van der Waals surface area contributed by atoms with Gasteiger partial charge in [-0.1, -0.05) is 13.8 Å². The summed E-state index contributed by atoms with van der Waals surface area (Å²) < 4.78 is 41.4. The summed E-state index contributed by atoms with van der Waals surface area (Å²) in [6, 6.07) is 10.2. The molecule has 0 aromatic heterocycles. The van der Waals surface area contributed by atoms with Crippen molar-refractivity contribution in [3.05, 3.63) is 57.4 Å². The molecule has 0 unspecified atom stereocenters. The lowest BCUT2D eigenvalue weighted by molar-refractivity contribution is 0.102. The van der Waals surface area contributed by atoms with Crippen molar-refractivity contribution in [2.24, 2.45) is 0 Å². The molecule has 0 heterocycles. The average molecular weight is 476 g/mol. The van der Waals surface area contributed by atoms with E-state index in [0.29, 0.717) is 18.8 Å². The van der Waals surface area contributed by atoms with E-state index < -0.39 is 21.7 Å². The molecule has 0 bridgehead atoms. The molecule has 134 valence electrons. The van der Waals surface area contributed by atoms with E-state index in [1.165, 1.54) is 10.4 Å². The summed E-state index contributed by atoms with van der Waals surface area (Å²) in [5.41, 5.74) is 0.189. The molecule has 1 N–H and O–H groups in total. The van der Waals surface area contributed by atoms with Crippen LogP contribution in [0.2, 0.25) is 0 Å². The van der Waals surface area contributed by atoms with Gasteiger partial charge in [-0.2, -0.15) is 4.31 Å². The number of carbonyl (C=O) groups excluding carboxylic acids is 1. The van der Waals surface area contributed by atoms with Gasteiger partial charge >= 0.3 is 0 Å². The van der Waals surface area contributed by atoms with Crippen LogP contribution >= 0.6 is 22.6 Å². The molecule has 25 heavy (non-hydrogen) atoms. The molecule has 1 amide bonds. The van der Waals surface area contributed by atoms with Gasteiger partial charge in [0, 0.05) is 22.3 Å². The van der Waals surface area contributed by atoms with E-state index in [2.05, 4.69) is 27.9 Å². The second-order valence-electron chi connectivity index (χ2n) is 5.19. The van der Waals surface area contributed by atoms with Crippen LogP contribution in [0.3, 0.4) is 0 Å². The number of hydrogen-bond donors (Lipinski definition) is 1. The highest BCUT2D eigenvalue weighted by Crippen LogP contribution is 2.20. The van der Waals surface area contributed by atoms with Crippen molar-refractivity contribution in [3.63, 3.8) is 0 Å². The van der Waals surface area contributed by atoms with Gasteiger partial charge in [-0.3, -0.25) is 4.79 Å². The SMILES string of the molecule is CCN(CC)S(=O)(=O)c1ccc(F)c(C(=O)Nc2ccc(I)cc2)c1. The van der Waals surface area contributed by atoms with Gasteiger partial charge in [0.25, 0.3) is 5.91 Å². The molecule has 0 saturated carbocycles. The molecule has 8 heteroatoms. The maximum absolute atomic E-state index is 14.1. The van der Waals surface area contributed by atoms with E-state index >= 15 is 0 Å². The molecule has 0 aliphatic carbocycles. The van der Waals surface area contributed by atoms with Crippen LogP contribution in [0.25, 0.3) is 0 Å². The highest BCUT2D eigenvalue weighted by Gasteiger charge is 2.24. The lowest BCUT2D eigenvalue weighted by Gasteiger charge is -2.19. The van der Waals surface area contributed by atoms with Gasteiger partial charge in [0.05, 0.1) is 10.5 Å². The Morgan fingerprint density at radius 3 is 2.28 bits per heavy atom. The van der Waals surface area contributed by atoms with Crippen LogP contribution in [0.1, 0.15) is 24.2 Å². The third-order valence-electron chi connectivity index (χ3n) is 3.63. The molecule has 0 aliphatic heterocycles. The summed E-state index contributed by atoms with van der Waals surface area (Å²) in [5, 5.41) is 2.57. The molecule has 0 fully saturated rings. The number of nitrogens with one attached hydrogen (secondary N) is 1. The summed E-state index contributed by atoms with van der Waals surface area (Å²) in [6.07, 6.45) is 0. The fourth-order valence-electron chi connectivity index (χ4n) is 2.28. The van der Waals surface area contributed by atoms with E-state index in [9.17, 15) is 17.6 Å². The van der Waals surface area contributed by atoms with Gasteiger partial charge in [0.15, 0.2) is 0 Å². The first-order valence-electron chi connectivity index (χ1n) is 7.66. The number of hydrogen-bond acceptors (Lipinski definition) is 3. The summed E-state index contributed by atoms with van der Waals surface area (Å²) in [5.74, 6) is -1.48. The topological polar surface area (TPSA) is 66.5 Å². The maximum Gasteiger partial charge on any atom is 0.258 e.